The molecule has 1 N–H and O–H groups in total. The maximum atomic E-state index is 11.6. The molecule has 0 spiro atoms. The highest BCUT2D eigenvalue weighted by atomic mass is 16.5. The Kier molecular flexibility index (Phi) is 6.48. The monoisotopic (exact) mass is 453 g/mol. The van der Waals surface area contributed by atoms with E-state index in [4.69, 9.17) is 4.74 Å². The van der Waals surface area contributed by atoms with Crippen LogP contribution in [0.4, 0.5) is 0 Å². The van der Waals surface area contributed by atoms with Crippen molar-refractivity contribution in [3.8, 4) is 5.75 Å². The van der Waals surface area contributed by atoms with Crippen molar-refractivity contribution in [2.75, 3.05) is 13.2 Å². The van der Waals surface area contributed by atoms with Crippen molar-refractivity contribution in [1.82, 2.24) is 14.7 Å². The van der Waals surface area contributed by atoms with Crippen LogP contribution in [-0.2, 0) is 20.1 Å². The summed E-state index contributed by atoms with van der Waals surface area (Å²) in [6.07, 6.45) is 1.28. The average molecular weight is 454 g/mol. The number of fused-ring (bicyclic) bond motifs is 1. The van der Waals surface area contributed by atoms with Gasteiger partial charge < -0.3 is 9.84 Å². The highest BCUT2D eigenvalue weighted by Gasteiger charge is 2.26. The van der Waals surface area contributed by atoms with Crippen LogP contribution in [-0.4, -0.2) is 32.9 Å². The van der Waals surface area contributed by atoms with Gasteiger partial charge in [0, 0.05) is 49.4 Å². The third kappa shape index (κ3) is 4.63. The number of aliphatic hydroxyl groups is 1. The molecule has 0 saturated heterocycles. The second-order valence-corrected chi connectivity index (χ2v) is 9.05. The zero-order valence-corrected chi connectivity index (χ0v) is 19.8. The molecule has 34 heavy (non-hydrogen) atoms. The number of rotatable bonds is 6. The number of aryl methyl sites for hydroxylation is 1. The predicted molar refractivity (Wildman–Crippen MR) is 134 cm³/mol. The average Bonchev–Trinajstić information content (AvgIpc) is 3.06. The Labute approximate surface area is 201 Å². The topological polar surface area (TPSA) is 50.5 Å². The van der Waals surface area contributed by atoms with Gasteiger partial charge >= 0.3 is 0 Å². The molecular weight excluding hydrogens is 422 g/mol. The van der Waals surface area contributed by atoms with Gasteiger partial charge in [-0.25, -0.2) is 0 Å². The van der Waals surface area contributed by atoms with Gasteiger partial charge in [-0.2, -0.15) is 5.10 Å². The Hall–Kier alpha value is -3.41. The first-order chi connectivity index (χ1) is 16.6. The molecule has 0 amide bonds. The van der Waals surface area contributed by atoms with E-state index in [1.807, 2.05) is 66.5 Å². The third-order valence-corrected chi connectivity index (χ3v) is 6.85. The molecule has 1 unspecified atom stereocenters. The summed E-state index contributed by atoms with van der Waals surface area (Å²) in [5, 5.41) is 16.0. The van der Waals surface area contributed by atoms with Gasteiger partial charge in [0.15, 0.2) is 0 Å². The lowest BCUT2D eigenvalue weighted by Gasteiger charge is -2.25. The fraction of sp³-hybridized carbons (Fsp3) is 0.276. The number of nitrogens with zero attached hydrogens (tertiary/aromatic N) is 3. The summed E-state index contributed by atoms with van der Waals surface area (Å²) in [6, 6.07) is 26.6. The highest BCUT2D eigenvalue weighted by molar-refractivity contribution is 5.42. The minimum Gasteiger partial charge on any atom is -0.492 e. The lowest BCUT2D eigenvalue weighted by atomic mass is 9.83. The van der Waals surface area contributed by atoms with Crippen LogP contribution in [0.25, 0.3) is 0 Å². The minimum absolute atomic E-state index is 0.152. The second-order valence-electron chi connectivity index (χ2n) is 9.05. The van der Waals surface area contributed by atoms with E-state index in [0.29, 0.717) is 6.61 Å². The van der Waals surface area contributed by atoms with Crippen LogP contribution in [0.1, 0.15) is 45.5 Å². The molecule has 1 aliphatic rings. The molecule has 1 atom stereocenters. The molecule has 5 nitrogen and oxygen atoms in total. The molecular formula is C29H31N3O2. The van der Waals surface area contributed by atoms with E-state index in [9.17, 15) is 5.11 Å². The number of ether oxygens (including phenoxy) is 1. The first-order valence-corrected chi connectivity index (χ1v) is 11.8. The van der Waals surface area contributed by atoms with E-state index < -0.39 is 6.10 Å². The highest BCUT2D eigenvalue weighted by Crippen LogP contribution is 2.38. The van der Waals surface area contributed by atoms with E-state index in [1.54, 1.807) is 0 Å². The van der Waals surface area contributed by atoms with Crippen LogP contribution in [0.3, 0.4) is 0 Å². The summed E-state index contributed by atoms with van der Waals surface area (Å²) in [5.74, 6) is 0.749. The van der Waals surface area contributed by atoms with Crippen molar-refractivity contribution in [2.45, 2.75) is 32.0 Å². The van der Waals surface area contributed by atoms with Crippen LogP contribution < -0.4 is 4.74 Å². The first-order valence-electron chi connectivity index (χ1n) is 11.8. The number of hydrogen-bond donors (Lipinski definition) is 1. The molecule has 0 saturated carbocycles. The molecule has 0 radical (unpaired) electrons. The SMILES string of the molecule is Cc1c(CN2CCOc3ccc(C(O)C(c4ccccc4)c4ccccc4)cc3C2)cnn1C. The Morgan fingerprint density at radius 3 is 2.24 bits per heavy atom. The van der Waals surface area contributed by atoms with Crippen molar-refractivity contribution in [3.05, 3.63) is 119 Å². The van der Waals surface area contributed by atoms with Crippen LogP contribution in [0.5, 0.6) is 5.75 Å². The standard InChI is InChI=1S/C29H31N3O2/c1-21-26(18-30-31(21)2)20-32-15-16-34-27-14-13-24(17-25(27)19-32)29(33)28(22-9-5-3-6-10-22)23-11-7-4-8-12-23/h3-14,17-18,28-29,33H,15-16,19-20H2,1-2H3. The zero-order valence-electron chi connectivity index (χ0n) is 19.8. The third-order valence-electron chi connectivity index (χ3n) is 6.85. The second kappa shape index (κ2) is 9.84. The molecule has 5 heteroatoms. The molecule has 5 rings (SSSR count). The number of benzene rings is 3. The van der Waals surface area contributed by atoms with Gasteiger partial charge in [0.1, 0.15) is 12.4 Å². The lowest BCUT2D eigenvalue weighted by molar-refractivity contribution is 0.159. The van der Waals surface area contributed by atoms with E-state index in [1.165, 1.54) is 11.3 Å². The van der Waals surface area contributed by atoms with Crippen molar-refractivity contribution in [1.29, 1.82) is 0 Å². The summed E-state index contributed by atoms with van der Waals surface area (Å²) >= 11 is 0. The summed E-state index contributed by atoms with van der Waals surface area (Å²) in [5.41, 5.74) is 6.62. The molecule has 1 aliphatic heterocycles. The van der Waals surface area contributed by atoms with Gasteiger partial charge in [0.05, 0.1) is 12.3 Å². The van der Waals surface area contributed by atoms with E-state index in [2.05, 4.69) is 47.3 Å². The molecule has 2 heterocycles. The molecule has 4 aromatic rings. The number of hydrogen-bond acceptors (Lipinski definition) is 4. The van der Waals surface area contributed by atoms with Crippen LogP contribution >= 0.6 is 0 Å². The van der Waals surface area contributed by atoms with Crippen molar-refractivity contribution in [3.63, 3.8) is 0 Å². The molecule has 174 valence electrons. The largest absolute Gasteiger partial charge is 0.492 e. The summed E-state index contributed by atoms with van der Waals surface area (Å²) in [7, 11) is 1.98. The van der Waals surface area contributed by atoms with Crippen molar-refractivity contribution in [2.24, 2.45) is 7.05 Å². The van der Waals surface area contributed by atoms with Gasteiger partial charge in [-0.1, -0.05) is 66.7 Å². The van der Waals surface area contributed by atoms with E-state index in [0.717, 1.165) is 47.6 Å². The maximum absolute atomic E-state index is 11.6. The van der Waals surface area contributed by atoms with Gasteiger partial charge in [-0.05, 0) is 35.7 Å². The zero-order chi connectivity index (χ0) is 23.5. The molecule has 1 aromatic heterocycles. The molecule has 0 bridgehead atoms. The van der Waals surface area contributed by atoms with Gasteiger partial charge in [-0.3, -0.25) is 9.58 Å². The predicted octanol–water partition coefficient (Wildman–Crippen LogP) is 4.99. The summed E-state index contributed by atoms with van der Waals surface area (Å²) < 4.78 is 7.99. The smallest absolute Gasteiger partial charge is 0.123 e. The van der Waals surface area contributed by atoms with Gasteiger partial charge in [0.2, 0.25) is 0 Å². The Balaban J connectivity index is 1.44. The Morgan fingerprint density at radius 1 is 0.941 bits per heavy atom. The Bertz CT molecular complexity index is 1200. The molecule has 0 aliphatic carbocycles. The van der Waals surface area contributed by atoms with E-state index in [-0.39, 0.29) is 5.92 Å². The molecule has 0 fully saturated rings. The van der Waals surface area contributed by atoms with Crippen LogP contribution in [0.15, 0.2) is 85.1 Å². The van der Waals surface area contributed by atoms with Crippen LogP contribution in [0, 0.1) is 6.92 Å². The first kappa shape index (κ1) is 22.4. The maximum Gasteiger partial charge on any atom is 0.123 e. The summed E-state index contributed by atoms with van der Waals surface area (Å²) in [4.78, 5) is 2.39. The molecule has 3 aromatic carbocycles. The fourth-order valence-corrected chi connectivity index (χ4v) is 4.80. The van der Waals surface area contributed by atoms with E-state index >= 15 is 0 Å². The quantitative estimate of drug-likeness (QED) is 0.447. The Morgan fingerprint density at radius 2 is 1.62 bits per heavy atom. The van der Waals surface area contributed by atoms with Gasteiger partial charge in [0.25, 0.3) is 0 Å². The summed E-state index contributed by atoms with van der Waals surface area (Å²) in [6.45, 7) is 5.19. The van der Waals surface area contributed by atoms with Crippen molar-refractivity contribution >= 4 is 0 Å². The number of aliphatic hydroxyl groups excluding tert-OH is 1. The van der Waals surface area contributed by atoms with Crippen LogP contribution in [0.2, 0.25) is 0 Å². The van der Waals surface area contributed by atoms with Gasteiger partial charge in [-0.15, -0.1) is 0 Å². The normalized spacial score (nSPS) is 14.9. The lowest BCUT2D eigenvalue weighted by Crippen LogP contribution is -2.25. The minimum atomic E-state index is -0.674. The number of aromatic nitrogens is 2. The van der Waals surface area contributed by atoms with Crippen molar-refractivity contribution < 1.29 is 9.84 Å². The fourth-order valence-electron chi connectivity index (χ4n) is 4.80.